The zero-order chi connectivity index (χ0) is 25.5. The van der Waals surface area contributed by atoms with Gasteiger partial charge in [-0.2, -0.15) is 9.78 Å². The van der Waals surface area contributed by atoms with Crippen molar-refractivity contribution in [2.45, 2.75) is 118 Å². The van der Waals surface area contributed by atoms with Gasteiger partial charge in [0.2, 0.25) is 24.2 Å². The van der Waals surface area contributed by atoms with Crippen molar-refractivity contribution in [3.05, 3.63) is 24.3 Å². The summed E-state index contributed by atoms with van der Waals surface area (Å²) in [7, 11) is 0. The standard InChI is InChI=1S/C23H42O9/c1-15(2)17(29-31-20(5,6)7)25-22(11,12)27-19(24)28-23(13,14)26-18(16(3)4)30-32-21(8,9)10/h17-18H,1,3H2,2,4-14H3. The zero-order valence-electron chi connectivity index (χ0n) is 21.7. The van der Waals surface area contributed by atoms with Crippen LogP contribution < -0.4 is 0 Å². The predicted molar refractivity (Wildman–Crippen MR) is 119 cm³/mol. The third-order valence-electron chi connectivity index (χ3n) is 3.02. The van der Waals surface area contributed by atoms with Crippen molar-refractivity contribution in [3.63, 3.8) is 0 Å². The molecule has 0 fully saturated rings. The summed E-state index contributed by atoms with van der Waals surface area (Å²) in [5.41, 5.74) is -0.103. The fourth-order valence-electron chi connectivity index (χ4n) is 1.77. The molecule has 9 heteroatoms. The Balaban J connectivity index is 5.01. The van der Waals surface area contributed by atoms with Crippen molar-refractivity contribution in [3.8, 4) is 0 Å². The lowest BCUT2D eigenvalue weighted by molar-refractivity contribution is -0.434. The maximum absolute atomic E-state index is 12.4. The fraction of sp³-hybridized carbons (Fsp3) is 0.783. The molecule has 0 N–H and O–H groups in total. The molecule has 0 aromatic heterocycles. The summed E-state index contributed by atoms with van der Waals surface area (Å²) in [4.78, 5) is 33.6. The van der Waals surface area contributed by atoms with Gasteiger partial charge in [-0.05, 0) is 66.5 Å². The molecule has 0 saturated heterocycles. The minimum Gasteiger partial charge on any atom is -0.402 e. The molecule has 188 valence electrons. The zero-order valence-corrected chi connectivity index (χ0v) is 21.7. The van der Waals surface area contributed by atoms with Crippen LogP contribution in [0.1, 0.15) is 83.1 Å². The molecule has 2 atom stereocenters. The molecule has 32 heavy (non-hydrogen) atoms. The van der Waals surface area contributed by atoms with Crippen LogP contribution in [0.5, 0.6) is 0 Å². The lowest BCUT2D eigenvalue weighted by atomic mass is 10.2. The fourth-order valence-corrected chi connectivity index (χ4v) is 1.77. The Bertz CT molecular complexity index is 585. The number of rotatable bonds is 12. The summed E-state index contributed by atoms with van der Waals surface area (Å²) >= 11 is 0. The maximum Gasteiger partial charge on any atom is 0.513 e. The Hall–Kier alpha value is -1.49. The quantitative estimate of drug-likeness (QED) is 0.115. The van der Waals surface area contributed by atoms with Crippen LogP contribution in [0.25, 0.3) is 0 Å². The molecule has 0 aliphatic rings. The van der Waals surface area contributed by atoms with Gasteiger partial charge in [-0.25, -0.2) is 14.6 Å². The lowest BCUT2D eigenvalue weighted by Gasteiger charge is -2.33. The molecule has 0 heterocycles. The normalized spacial score (nSPS) is 15.1. The van der Waals surface area contributed by atoms with Gasteiger partial charge in [-0.3, -0.25) is 0 Å². The Morgan fingerprint density at radius 2 is 0.906 bits per heavy atom. The van der Waals surface area contributed by atoms with E-state index in [9.17, 15) is 4.79 Å². The highest BCUT2D eigenvalue weighted by atomic mass is 17.2. The van der Waals surface area contributed by atoms with Crippen molar-refractivity contribution in [2.75, 3.05) is 0 Å². The molecule has 9 nitrogen and oxygen atoms in total. The van der Waals surface area contributed by atoms with E-state index in [0.29, 0.717) is 11.1 Å². The summed E-state index contributed by atoms with van der Waals surface area (Å²) in [5, 5.41) is 0. The molecule has 0 radical (unpaired) electrons. The van der Waals surface area contributed by atoms with E-state index in [-0.39, 0.29) is 0 Å². The summed E-state index contributed by atoms with van der Waals surface area (Å²) in [5.74, 6) is -2.87. The second kappa shape index (κ2) is 11.6. The molecular formula is C23H42O9. The second-order valence-corrected chi connectivity index (χ2v) is 10.4. The van der Waals surface area contributed by atoms with Crippen LogP contribution in [0.4, 0.5) is 4.79 Å². The Morgan fingerprint density at radius 3 is 1.12 bits per heavy atom. The van der Waals surface area contributed by atoms with Crippen molar-refractivity contribution < 1.29 is 43.3 Å². The van der Waals surface area contributed by atoms with Crippen LogP contribution in [0.15, 0.2) is 24.3 Å². The first-order valence-electron chi connectivity index (χ1n) is 10.4. The van der Waals surface area contributed by atoms with Gasteiger partial charge < -0.3 is 18.9 Å². The monoisotopic (exact) mass is 462 g/mol. The van der Waals surface area contributed by atoms with E-state index < -0.39 is 41.5 Å². The third-order valence-corrected chi connectivity index (χ3v) is 3.02. The molecule has 0 amide bonds. The molecule has 0 spiro atoms. The minimum atomic E-state index is -1.43. The van der Waals surface area contributed by atoms with Crippen LogP contribution in [0.3, 0.4) is 0 Å². The highest BCUT2D eigenvalue weighted by molar-refractivity contribution is 5.60. The number of ether oxygens (including phenoxy) is 4. The summed E-state index contributed by atoms with van der Waals surface area (Å²) in [6.45, 7) is 28.0. The van der Waals surface area contributed by atoms with Gasteiger partial charge in [-0.1, -0.05) is 13.2 Å². The highest BCUT2D eigenvalue weighted by Crippen LogP contribution is 2.25. The van der Waals surface area contributed by atoms with Crippen LogP contribution in [-0.2, 0) is 38.5 Å². The topological polar surface area (TPSA) is 90.9 Å². The van der Waals surface area contributed by atoms with Gasteiger partial charge in [0.05, 0.1) is 11.2 Å². The first-order chi connectivity index (χ1) is 14.1. The number of hydrogen-bond acceptors (Lipinski definition) is 9. The summed E-state index contributed by atoms with van der Waals surface area (Å²) < 4.78 is 22.0. The average Bonchev–Trinajstić information content (AvgIpc) is 2.51. The maximum atomic E-state index is 12.4. The SMILES string of the molecule is C=C(C)C(OOC(C)(C)C)OC(C)(C)OC(=O)OC(C)(C)OC(OOC(C)(C)C)C(=C)C. The van der Waals surface area contributed by atoms with Gasteiger partial charge in [0.1, 0.15) is 0 Å². The van der Waals surface area contributed by atoms with Crippen LogP contribution >= 0.6 is 0 Å². The van der Waals surface area contributed by atoms with Gasteiger partial charge >= 0.3 is 6.16 Å². The Kier molecular flexibility index (Phi) is 11.0. The van der Waals surface area contributed by atoms with Gasteiger partial charge in [0.15, 0.2) is 0 Å². The van der Waals surface area contributed by atoms with E-state index in [1.54, 1.807) is 13.8 Å². The third kappa shape index (κ3) is 14.5. The molecule has 0 aliphatic carbocycles. The summed E-state index contributed by atoms with van der Waals surface area (Å²) in [6, 6.07) is 0. The van der Waals surface area contributed by atoms with E-state index in [1.165, 1.54) is 27.7 Å². The number of hydrogen-bond donors (Lipinski definition) is 0. The molecule has 0 saturated carbocycles. The van der Waals surface area contributed by atoms with Crippen molar-refractivity contribution in [1.29, 1.82) is 0 Å². The summed E-state index contributed by atoms with van der Waals surface area (Å²) in [6.07, 6.45) is -2.98. The number of carbonyl (C=O) groups excluding carboxylic acids is 1. The van der Waals surface area contributed by atoms with Crippen LogP contribution in [0.2, 0.25) is 0 Å². The van der Waals surface area contributed by atoms with E-state index in [0.717, 1.165) is 0 Å². The molecule has 0 aromatic carbocycles. The van der Waals surface area contributed by atoms with E-state index in [1.807, 2.05) is 41.5 Å². The molecule has 0 bridgehead atoms. The Morgan fingerprint density at radius 1 is 0.625 bits per heavy atom. The molecular weight excluding hydrogens is 420 g/mol. The molecule has 0 aromatic rings. The Labute approximate surface area is 192 Å². The van der Waals surface area contributed by atoms with Gasteiger partial charge in [-0.15, -0.1) is 0 Å². The average molecular weight is 463 g/mol. The first kappa shape index (κ1) is 30.5. The molecule has 2 unspecified atom stereocenters. The molecule has 0 aliphatic heterocycles. The van der Waals surface area contributed by atoms with Crippen LogP contribution in [0, 0.1) is 0 Å². The highest BCUT2D eigenvalue weighted by Gasteiger charge is 2.36. The lowest BCUT2D eigenvalue weighted by Crippen LogP contribution is -2.42. The largest absolute Gasteiger partial charge is 0.513 e. The van der Waals surface area contributed by atoms with Gasteiger partial charge in [0.25, 0.3) is 0 Å². The van der Waals surface area contributed by atoms with Crippen molar-refractivity contribution >= 4 is 6.16 Å². The van der Waals surface area contributed by atoms with Crippen molar-refractivity contribution in [2.24, 2.45) is 0 Å². The predicted octanol–water partition coefficient (Wildman–Crippen LogP) is 5.94. The smallest absolute Gasteiger partial charge is 0.402 e. The van der Waals surface area contributed by atoms with Crippen molar-refractivity contribution in [1.82, 2.24) is 0 Å². The minimum absolute atomic E-state index is 0.517. The van der Waals surface area contributed by atoms with E-state index in [2.05, 4.69) is 13.2 Å². The first-order valence-corrected chi connectivity index (χ1v) is 10.4. The van der Waals surface area contributed by atoms with E-state index in [4.69, 9.17) is 38.5 Å². The number of carbonyl (C=O) groups is 1. The van der Waals surface area contributed by atoms with E-state index >= 15 is 0 Å². The second-order valence-electron chi connectivity index (χ2n) is 10.4. The molecule has 0 rings (SSSR count). The van der Waals surface area contributed by atoms with Crippen LogP contribution in [-0.4, -0.2) is 41.5 Å². The van der Waals surface area contributed by atoms with Gasteiger partial charge in [0, 0.05) is 27.7 Å².